The second-order valence-corrected chi connectivity index (χ2v) is 5.78. The van der Waals surface area contributed by atoms with Crippen molar-refractivity contribution in [3.8, 4) is 0 Å². The number of carboxylic acid groups (broad SMARTS) is 1. The van der Waals surface area contributed by atoms with Crippen molar-refractivity contribution < 1.29 is 9.90 Å². The molecule has 1 amide bonds. The van der Waals surface area contributed by atoms with Gasteiger partial charge in [-0.25, -0.2) is 14.7 Å². The van der Waals surface area contributed by atoms with Crippen LogP contribution in [0, 0.1) is 0 Å². The third-order valence-electron chi connectivity index (χ3n) is 3.35. The number of nitrogens with zero attached hydrogens (tertiary/aromatic N) is 5. The summed E-state index contributed by atoms with van der Waals surface area (Å²) in [5.74, 6) is 0.682. The molecule has 124 valence electrons. The number of amides is 1. The molecule has 0 aliphatic rings. The van der Waals surface area contributed by atoms with Crippen LogP contribution < -0.4 is 10.2 Å². The van der Waals surface area contributed by atoms with E-state index in [0.29, 0.717) is 16.5 Å². The molecule has 0 unspecified atom stereocenters. The van der Waals surface area contributed by atoms with E-state index in [4.69, 9.17) is 11.6 Å². The molecule has 2 heterocycles. The zero-order valence-corrected chi connectivity index (χ0v) is 13.8. The molecule has 0 radical (unpaired) electrons. The largest absolute Gasteiger partial charge is 0.465 e. The van der Waals surface area contributed by atoms with E-state index >= 15 is 0 Å². The lowest BCUT2D eigenvalue weighted by Gasteiger charge is -2.20. The first-order chi connectivity index (χ1) is 11.5. The summed E-state index contributed by atoms with van der Waals surface area (Å²) in [6, 6.07) is 6.84. The van der Waals surface area contributed by atoms with Crippen molar-refractivity contribution in [2.24, 2.45) is 0 Å². The quantitative estimate of drug-likeness (QED) is 0.751. The standard InChI is InChI=1S/C15H15ClN6O2/c1-9(2)22(15(23)24)14-20-19-13-12(17-7-8-21(13)14)18-11-5-3-10(16)4-6-11/h3-9H,1-2H3,(H,17,18)(H,23,24). The highest BCUT2D eigenvalue weighted by molar-refractivity contribution is 6.30. The number of anilines is 3. The molecule has 0 saturated heterocycles. The fourth-order valence-electron chi connectivity index (χ4n) is 2.27. The van der Waals surface area contributed by atoms with Crippen molar-refractivity contribution in [2.45, 2.75) is 19.9 Å². The average molecular weight is 347 g/mol. The maximum absolute atomic E-state index is 11.5. The molecular weight excluding hydrogens is 332 g/mol. The van der Waals surface area contributed by atoms with Gasteiger partial charge in [-0.1, -0.05) is 11.6 Å². The van der Waals surface area contributed by atoms with Crippen molar-refractivity contribution >= 4 is 40.8 Å². The van der Waals surface area contributed by atoms with E-state index in [2.05, 4.69) is 20.5 Å². The normalized spacial score (nSPS) is 11.0. The van der Waals surface area contributed by atoms with Crippen LogP contribution in [0.4, 0.5) is 22.2 Å². The summed E-state index contributed by atoms with van der Waals surface area (Å²) in [4.78, 5) is 16.9. The highest BCUT2D eigenvalue weighted by Crippen LogP contribution is 2.23. The number of benzene rings is 1. The highest BCUT2D eigenvalue weighted by atomic mass is 35.5. The first-order valence-corrected chi connectivity index (χ1v) is 7.59. The summed E-state index contributed by atoms with van der Waals surface area (Å²) in [7, 11) is 0. The second kappa shape index (κ2) is 6.32. The highest BCUT2D eigenvalue weighted by Gasteiger charge is 2.24. The summed E-state index contributed by atoms with van der Waals surface area (Å²) in [5.41, 5.74) is 1.21. The van der Waals surface area contributed by atoms with Gasteiger partial charge in [0.25, 0.3) is 0 Å². The maximum atomic E-state index is 11.5. The maximum Gasteiger partial charge on any atom is 0.414 e. The molecule has 3 rings (SSSR count). The SMILES string of the molecule is CC(C)N(C(=O)O)c1nnc2c(Nc3ccc(Cl)cc3)nccn12. The van der Waals surface area contributed by atoms with Crippen LogP contribution in [0.3, 0.4) is 0 Å². The van der Waals surface area contributed by atoms with Gasteiger partial charge >= 0.3 is 6.09 Å². The van der Waals surface area contributed by atoms with Crippen LogP contribution in [0.25, 0.3) is 5.65 Å². The summed E-state index contributed by atoms with van der Waals surface area (Å²) in [6.45, 7) is 3.53. The van der Waals surface area contributed by atoms with Crippen LogP contribution in [0.5, 0.6) is 0 Å². The molecule has 3 aromatic rings. The minimum Gasteiger partial charge on any atom is -0.465 e. The molecule has 0 aliphatic carbocycles. The number of hydrogen-bond donors (Lipinski definition) is 2. The topological polar surface area (TPSA) is 95.7 Å². The summed E-state index contributed by atoms with van der Waals surface area (Å²) in [6.07, 6.45) is 2.08. The molecule has 2 N–H and O–H groups in total. The molecule has 0 aliphatic heterocycles. The van der Waals surface area contributed by atoms with E-state index in [-0.39, 0.29) is 12.0 Å². The summed E-state index contributed by atoms with van der Waals surface area (Å²) >= 11 is 5.88. The first kappa shape index (κ1) is 16.0. The molecule has 0 spiro atoms. The van der Waals surface area contributed by atoms with E-state index in [1.807, 2.05) is 12.1 Å². The molecule has 9 heteroatoms. The average Bonchev–Trinajstić information content (AvgIpc) is 2.94. The molecule has 0 fully saturated rings. The van der Waals surface area contributed by atoms with Crippen LogP contribution in [0.1, 0.15) is 13.8 Å². The Morgan fingerprint density at radius 1 is 1.29 bits per heavy atom. The lowest BCUT2D eigenvalue weighted by Crippen LogP contribution is -2.37. The zero-order chi connectivity index (χ0) is 17.3. The van der Waals surface area contributed by atoms with Gasteiger partial charge < -0.3 is 10.4 Å². The van der Waals surface area contributed by atoms with Crippen molar-refractivity contribution in [2.75, 3.05) is 10.2 Å². The number of halogens is 1. The predicted octanol–water partition coefficient (Wildman–Crippen LogP) is 3.41. The Kier molecular flexibility index (Phi) is 4.22. The zero-order valence-electron chi connectivity index (χ0n) is 13.0. The molecular formula is C15H15ClN6O2. The van der Waals surface area contributed by atoms with Crippen LogP contribution in [0.2, 0.25) is 5.02 Å². The number of fused-ring (bicyclic) bond motifs is 1. The Hall–Kier alpha value is -2.87. The fraction of sp³-hybridized carbons (Fsp3) is 0.200. The molecule has 1 aromatic carbocycles. The lowest BCUT2D eigenvalue weighted by atomic mass is 10.3. The van der Waals surface area contributed by atoms with Gasteiger partial charge in [-0.3, -0.25) is 4.40 Å². The van der Waals surface area contributed by atoms with E-state index in [1.54, 1.807) is 42.8 Å². The molecule has 24 heavy (non-hydrogen) atoms. The minimum atomic E-state index is -1.09. The third-order valence-corrected chi connectivity index (χ3v) is 3.61. The van der Waals surface area contributed by atoms with Crippen LogP contribution in [-0.2, 0) is 0 Å². The van der Waals surface area contributed by atoms with E-state index in [1.165, 1.54) is 0 Å². The number of carbonyl (C=O) groups is 1. The molecule has 0 atom stereocenters. The Labute approximate surface area is 142 Å². The van der Waals surface area contributed by atoms with Gasteiger partial charge in [-0.05, 0) is 38.1 Å². The molecule has 8 nitrogen and oxygen atoms in total. The van der Waals surface area contributed by atoms with Crippen LogP contribution in [0.15, 0.2) is 36.7 Å². The third kappa shape index (κ3) is 2.95. The van der Waals surface area contributed by atoms with Gasteiger partial charge in [0, 0.05) is 29.1 Å². The molecule has 2 aromatic heterocycles. The van der Waals surface area contributed by atoms with Crippen molar-refractivity contribution in [1.29, 1.82) is 0 Å². The Morgan fingerprint density at radius 3 is 2.62 bits per heavy atom. The Balaban J connectivity index is 2.03. The van der Waals surface area contributed by atoms with Gasteiger partial charge in [0.1, 0.15) is 0 Å². The Morgan fingerprint density at radius 2 is 2.00 bits per heavy atom. The number of hydrogen-bond acceptors (Lipinski definition) is 5. The minimum absolute atomic E-state index is 0.217. The van der Waals surface area contributed by atoms with E-state index < -0.39 is 6.09 Å². The van der Waals surface area contributed by atoms with Crippen molar-refractivity contribution in [3.63, 3.8) is 0 Å². The van der Waals surface area contributed by atoms with Gasteiger partial charge in [0.05, 0.1) is 0 Å². The smallest absolute Gasteiger partial charge is 0.414 e. The van der Waals surface area contributed by atoms with Crippen LogP contribution >= 0.6 is 11.6 Å². The number of aromatic nitrogens is 4. The monoisotopic (exact) mass is 346 g/mol. The molecule has 0 bridgehead atoms. The predicted molar refractivity (Wildman–Crippen MR) is 91.2 cm³/mol. The van der Waals surface area contributed by atoms with Crippen LogP contribution in [-0.4, -0.2) is 36.8 Å². The van der Waals surface area contributed by atoms with Crippen molar-refractivity contribution in [1.82, 2.24) is 19.6 Å². The number of rotatable bonds is 4. The van der Waals surface area contributed by atoms with E-state index in [0.717, 1.165) is 10.6 Å². The van der Waals surface area contributed by atoms with Gasteiger partial charge in [-0.15, -0.1) is 10.2 Å². The molecule has 0 saturated carbocycles. The van der Waals surface area contributed by atoms with Gasteiger partial charge in [0.2, 0.25) is 11.6 Å². The number of nitrogens with one attached hydrogen (secondary N) is 1. The van der Waals surface area contributed by atoms with Gasteiger partial charge in [-0.2, -0.15) is 0 Å². The van der Waals surface area contributed by atoms with Crippen molar-refractivity contribution in [3.05, 3.63) is 41.7 Å². The Bertz CT molecular complexity index is 877. The van der Waals surface area contributed by atoms with E-state index in [9.17, 15) is 9.90 Å². The lowest BCUT2D eigenvalue weighted by molar-refractivity contribution is 0.199. The summed E-state index contributed by atoms with van der Waals surface area (Å²) < 4.78 is 1.58. The summed E-state index contributed by atoms with van der Waals surface area (Å²) in [5, 5.41) is 21.2. The fourth-order valence-corrected chi connectivity index (χ4v) is 2.40. The van der Waals surface area contributed by atoms with Gasteiger partial charge in [0.15, 0.2) is 5.82 Å². The first-order valence-electron chi connectivity index (χ1n) is 7.22. The second-order valence-electron chi connectivity index (χ2n) is 5.35.